The summed E-state index contributed by atoms with van der Waals surface area (Å²) in [6.45, 7) is 5.73. The summed E-state index contributed by atoms with van der Waals surface area (Å²) in [7, 11) is 3.26. The first kappa shape index (κ1) is 17.3. The summed E-state index contributed by atoms with van der Waals surface area (Å²) in [5.74, 6) is -0.500. The zero-order valence-electron chi connectivity index (χ0n) is 13.7. The predicted molar refractivity (Wildman–Crippen MR) is 92.1 cm³/mol. The number of aromatic amines is 1. The smallest absolute Gasteiger partial charge is 0.274 e. The van der Waals surface area contributed by atoms with Crippen LogP contribution in [0.4, 0.5) is 0 Å². The molecule has 1 aliphatic rings. The van der Waals surface area contributed by atoms with Crippen LogP contribution in [0.25, 0.3) is 11.1 Å². The molecule has 0 saturated carbocycles. The van der Waals surface area contributed by atoms with Crippen LogP contribution in [0.2, 0.25) is 0 Å². The van der Waals surface area contributed by atoms with E-state index in [0.29, 0.717) is 17.8 Å². The molecule has 0 radical (unpaired) electrons. The molecule has 5 nitrogen and oxygen atoms in total. The summed E-state index contributed by atoms with van der Waals surface area (Å²) >= 11 is 6.21. The zero-order chi connectivity index (χ0) is 17.1. The fourth-order valence-corrected chi connectivity index (χ4v) is 2.87. The summed E-state index contributed by atoms with van der Waals surface area (Å²) in [5.41, 5.74) is 1.07. The number of carbonyl (C=O) groups is 2. The van der Waals surface area contributed by atoms with Crippen LogP contribution in [0.3, 0.4) is 0 Å². The Morgan fingerprint density at radius 3 is 2.83 bits per heavy atom. The van der Waals surface area contributed by atoms with E-state index in [1.54, 1.807) is 21.0 Å². The molecule has 2 N–H and O–H groups in total. The third-order valence-corrected chi connectivity index (χ3v) is 4.47. The molecular formula is C17H22ClN3O2. The molecule has 23 heavy (non-hydrogen) atoms. The maximum absolute atomic E-state index is 12.6. The van der Waals surface area contributed by atoms with Crippen molar-refractivity contribution in [1.82, 2.24) is 15.2 Å². The van der Waals surface area contributed by atoms with Crippen molar-refractivity contribution in [3.8, 4) is 0 Å². The van der Waals surface area contributed by atoms with Gasteiger partial charge in [0, 0.05) is 30.7 Å². The van der Waals surface area contributed by atoms with Crippen molar-refractivity contribution >= 4 is 34.5 Å². The normalized spacial score (nSPS) is 14.5. The molecule has 0 spiro atoms. The van der Waals surface area contributed by atoms with E-state index in [1.807, 2.05) is 6.07 Å². The van der Waals surface area contributed by atoms with E-state index in [4.69, 9.17) is 11.6 Å². The molecular weight excluding hydrogens is 314 g/mol. The number of fused-ring (bicyclic) bond motifs is 1. The Balaban J connectivity index is 2.16. The number of hydrogen-bond donors (Lipinski definition) is 2. The van der Waals surface area contributed by atoms with Crippen LogP contribution in [0, 0.1) is 5.92 Å². The number of rotatable bonds is 5. The Labute approximate surface area is 140 Å². The van der Waals surface area contributed by atoms with Crippen molar-refractivity contribution in [2.75, 3.05) is 14.1 Å². The number of nitrogens with one attached hydrogen (secondary N) is 2. The van der Waals surface area contributed by atoms with Gasteiger partial charge in [-0.1, -0.05) is 31.2 Å². The molecule has 0 aromatic carbocycles. The molecule has 1 atom stereocenters. The lowest BCUT2D eigenvalue weighted by atomic mass is 10.0. The number of hydrogen-bond acceptors (Lipinski definition) is 2. The van der Waals surface area contributed by atoms with Crippen LogP contribution in [-0.4, -0.2) is 35.8 Å². The molecule has 0 saturated heterocycles. The van der Waals surface area contributed by atoms with E-state index in [-0.39, 0.29) is 17.7 Å². The molecule has 1 heterocycles. The number of allylic oxidation sites excluding steroid dienone is 1. The van der Waals surface area contributed by atoms with Gasteiger partial charge in [-0.2, -0.15) is 0 Å². The average molecular weight is 336 g/mol. The third-order valence-electron chi connectivity index (χ3n) is 4.09. The van der Waals surface area contributed by atoms with Gasteiger partial charge in [0.05, 0.1) is 5.35 Å². The van der Waals surface area contributed by atoms with Gasteiger partial charge in [-0.3, -0.25) is 9.59 Å². The number of nitrogens with zero attached hydrogens (tertiary/aromatic N) is 1. The number of amides is 2. The minimum absolute atomic E-state index is 0.0710. The second-order valence-corrected chi connectivity index (χ2v) is 6.27. The van der Waals surface area contributed by atoms with Gasteiger partial charge in [-0.15, -0.1) is 0 Å². The van der Waals surface area contributed by atoms with Crippen molar-refractivity contribution < 1.29 is 9.59 Å². The first-order chi connectivity index (χ1) is 10.8. The lowest BCUT2D eigenvalue weighted by Crippen LogP contribution is -2.31. The fraction of sp³-hybridized carbons (Fsp3) is 0.412. The minimum Gasteiger partial charge on any atom is -0.359 e. The summed E-state index contributed by atoms with van der Waals surface area (Å²) in [6, 6.07) is 1.81. The van der Waals surface area contributed by atoms with E-state index in [0.717, 1.165) is 28.4 Å². The summed E-state index contributed by atoms with van der Waals surface area (Å²) < 4.78 is 0. The Morgan fingerprint density at radius 2 is 2.22 bits per heavy atom. The Morgan fingerprint density at radius 1 is 1.52 bits per heavy atom. The van der Waals surface area contributed by atoms with Gasteiger partial charge >= 0.3 is 0 Å². The topological polar surface area (TPSA) is 65.2 Å². The van der Waals surface area contributed by atoms with Gasteiger partial charge in [0.1, 0.15) is 5.69 Å². The second-order valence-electron chi connectivity index (χ2n) is 5.81. The standard InChI is InChI=1S/C17H22ClN3O2/c1-10(16(22)19-3)8-11(2)21(4)17(23)14-9-12-6-5-7-13(18)15(12)20-14/h6,9-10,20H,2,5,7-8H2,1,3-4H3,(H,19,22). The lowest BCUT2D eigenvalue weighted by molar-refractivity contribution is -0.124. The summed E-state index contributed by atoms with van der Waals surface area (Å²) in [5, 5.41) is 5.12. The predicted octanol–water partition coefficient (Wildman–Crippen LogP) is 1.29. The van der Waals surface area contributed by atoms with Crippen LogP contribution in [-0.2, 0) is 4.79 Å². The van der Waals surface area contributed by atoms with Crippen LogP contribution in [0.1, 0.15) is 36.7 Å². The molecule has 1 aromatic heterocycles. The van der Waals surface area contributed by atoms with E-state index in [2.05, 4.69) is 23.0 Å². The SMILES string of the molecule is C=C(CC(C)C(=O)NC)N(C)C(=O)c1cc2c([nH]1)=C(Cl)CCC=2. The summed E-state index contributed by atoms with van der Waals surface area (Å²) in [6.07, 6.45) is 4.15. The Bertz CT molecular complexity index is 763. The quantitative estimate of drug-likeness (QED) is 0.851. The highest BCUT2D eigenvalue weighted by Crippen LogP contribution is 2.16. The van der Waals surface area contributed by atoms with Crippen LogP contribution in [0.5, 0.6) is 0 Å². The molecule has 2 amide bonds. The fourth-order valence-electron chi connectivity index (χ4n) is 2.60. The number of halogens is 1. The van der Waals surface area contributed by atoms with Crippen molar-refractivity contribution in [3.63, 3.8) is 0 Å². The molecule has 0 aliphatic heterocycles. The van der Waals surface area contributed by atoms with Crippen LogP contribution < -0.4 is 15.9 Å². The molecule has 1 unspecified atom stereocenters. The molecule has 1 aliphatic carbocycles. The molecule has 0 fully saturated rings. The number of H-pyrrole nitrogens is 1. The van der Waals surface area contributed by atoms with E-state index in [9.17, 15) is 9.59 Å². The molecule has 124 valence electrons. The van der Waals surface area contributed by atoms with E-state index < -0.39 is 0 Å². The van der Waals surface area contributed by atoms with Gasteiger partial charge < -0.3 is 15.2 Å². The van der Waals surface area contributed by atoms with Gasteiger partial charge in [0.15, 0.2) is 0 Å². The molecule has 1 aromatic rings. The van der Waals surface area contributed by atoms with Gasteiger partial charge in [-0.05, 0) is 30.5 Å². The monoisotopic (exact) mass is 335 g/mol. The van der Waals surface area contributed by atoms with Crippen molar-refractivity contribution in [2.45, 2.75) is 26.2 Å². The highest BCUT2D eigenvalue weighted by Gasteiger charge is 2.20. The van der Waals surface area contributed by atoms with Crippen molar-refractivity contribution in [2.24, 2.45) is 5.92 Å². The highest BCUT2D eigenvalue weighted by atomic mass is 35.5. The van der Waals surface area contributed by atoms with Crippen LogP contribution in [0.15, 0.2) is 18.3 Å². The van der Waals surface area contributed by atoms with Crippen molar-refractivity contribution in [1.29, 1.82) is 0 Å². The molecule has 2 rings (SSSR count). The van der Waals surface area contributed by atoms with E-state index >= 15 is 0 Å². The van der Waals surface area contributed by atoms with E-state index in [1.165, 1.54) is 4.90 Å². The largest absolute Gasteiger partial charge is 0.359 e. The van der Waals surface area contributed by atoms with Crippen molar-refractivity contribution in [3.05, 3.63) is 34.6 Å². The first-order valence-corrected chi connectivity index (χ1v) is 7.98. The lowest BCUT2D eigenvalue weighted by Gasteiger charge is -2.21. The summed E-state index contributed by atoms with van der Waals surface area (Å²) in [4.78, 5) is 28.8. The van der Waals surface area contributed by atoms with Gasteiger partial charge in [0.25, 0.3) is 5.91 Å². The third kappa shape index (κ3) is 3.67. The first-order valence-electron chi connectivity index (χ1n) is 7.60. The Hall–Kier alpha value is -2.01. The maximum Gasteiger partial charge on any atom is 0.274 e. The van der Waals surface area contributed by atoms with Gasteiger partial charge in [0.2, 0.25) is 5.91 Å². The zero-order valence-corrected chi connectivity index (χ0v) is 14.5. The van der Waals surface area contributed by atoms with Gasteiger partial charge in [-0.25, -0.2) is 0 Å². The maximum atomic E-state index is 12.6. The molecule has 6 heteroatoms. The number of carbonyl (C=O) groups excluding carboxylic acids is 2. The number of aromatic nitrogens is 1. The van der Waals surface area contributed by atoms with Crippen LogP contribution >= 0.6 is 11.6 Å². The highest BCUT2D eigenvalue weighted by molar-refractivity contribution is 6.45. The molecule has 0 bridgehead atoms. The second kappa shape index (κ2) is 7.04. The average Bonchev–Trinajstić information content (AvgIpc) is 2.98. The Kier molecular flexibility index (Phi) is 5.31. The minimum atomic E-state index is -0.240.